The fourth-order valence-corrected chi connectivity index (χ4v) is 1.92. The first-order valence-corrected chi connectivity index (χ1v) is 6.38. The predicted octanol–water partition coefficient (Wildman–Crippen LogP) is 2.61. The van der Waals surface area contributed by atoms with Crippen LogP contribution in [0.4, 0.5) is 13.2 Å². The zero-order valence-corrected chi connectivity index (χ0v) is 11.7. The first-order chi connectivity index (χ1) is 10.3. The third-order valence-electron chi connectivity index (χ3n) is 3.10. The van der Waals surface area contributed by atoms with Gasteiger partial charge in [0.1, 0.15) is 0 Å². The number of hydrogen-bond donors (Lipinski definition) is 0. The Morgan fingerprint density at radius 3 is 2.18 bits per heavy atom. The topological polar surface area (TPSA) is 47.2 Å². The Bertz CT molecular complexity index is 652. The van der Waals surface area contributed by atoms with E-state index in [0.717, 1.165) is 12.1 Å². The maximum atomic E-state index is 12.5. The van der Waals surface area contributed by atoms with Crippen LogP contribution in [0, 0.1) is 5.21 Å². The molecule has 0 atom stereocenters. The molecule has 1 heterocycles. The number of carbonyl (C=O) groups is 1. The lowest BCUT2D eigenvalue weighted by Gasteiger charge is -2.17. The molecule has 0 saturated carbocycles. The number of hydrogen-bond acceptors (Lipinski definition) is 2. The molecule has 0 N–H and O–H groups in total. The quantitative estimate of drug-likeness (QED) is 0.646. The number of alkyl halides is 3. The molecular formula is C15H13F3N2O2. The molecule has 0 aliphatic rings. The highest BCUT2D eigenvalue weighted by Crippen LogP contribution is 2.29. The third kappa shape index (κ3) is 3.75. The summed E-state index contributed by atoms with van der Waals surface area (Å²) >= 11 is 0. The summed E-state index contributed by atoms with van der Waals surface area (Å²) in [7, 11) is 1.54. The van der Waals surface area contributed by atoms with Crippen LogP contribution in [0.3, 0.4) is 0 Å². The van der Waals surface area contributed by atoms with E-state index < -0.39 is 11.7 Å². The van der Waals surface area contributed by atoms with E-state index in [4.69, 9.17) is 0 Å². The van der Waals surface area contributed by atoms with Gasteiger partial charge < -0.3 is 10.1 Å². The van der Waals surface area contributed by atoms with Crippen LogP contribution in [-0.2, 0) is 12.7 Å². The van der Waals surface area contributed by atoms with E-state index in [0.29, 0.717) is 15.9 Å². The second-order valence-electron chi connectivity index (χ2n) is 4.80. The van der Waals surface area contributed by atoms with Crippen LogP contribution in [0.25, 0.3) is 0 Å². The number of benzene rings is 1. The van der Waals surface area contributed by atoms with Gasteiger partial charge >= 0.3 is 6.18 Å². The molecule has 0 unspecified atom stereocenters. The maximum absolute atomic E-state index is 12.5. The summed E-state index contributed by atoms with van der Waals surface area (Å²) in [4.78, 5) is 13.5. The SMILES string of the molecule is CN(Cc1ccc(C(F)(F)F)cc1)C(=O)c1cc[n+]([O-])cc1. The predicted molar refractivity (Wildman–Crippen MR) is 72.6 cm³/mol. The molecule has 1 aromatic carbocycles. The minimum absolute atomic E-state index is 0.170. The summed E-state index contributed by atoms with van der Waals surface area (Å²) in [5.74, 6) is -0.319. The summed E-state index contributed by atoms with van der Waals surface area (Å²) in [6, 6.07) is 7.41. The minimum Gasteiger partial charge on any atom is -0.619 e. The van der Waals surface area contributed by atoms with Crippen molar-refractivity contribution in [1.82, 2.24) is 4.90 Å². The van der Waals surface area contributed by atoms with Crippen LogP contribution in [0.15, 0.2) is 48.8 Å². The monoisotopic (exact) mass is 310 g/mol. The van der Waals surface area contributed by atoms with Crippen molar-refractivity contribution < 1.29 is 22.7 Å². The molecular weight excluding hydrogens is 297 g/mol. The van der Waals surface area contributed by atoms with E-state index >= 15 is 0 Å². The van der Waals surface area contributed by atoms with Crippen molar-refractivity contribution in [2.24, 2.45) is 0 Å². The number of carbonyl (C=O) groups excluding carboxylic acids is 1. The highest BCUT2D eigenvalue weighted by molar-refractivity contribution is 5.93. The molecule has 0 spiro atoms. The van der Waals surface area contributed by atoms with Crippen LogP contribution in [-0.4, -0.2) is 17.9 Å². The largest absolute Gasteiger partial charge is 0.619 e. The Morgan fingerprint density at radius 2 is 1.68 bits per heavy atom. The van der Waals surface area contributed by atoms with Gasteiger partial charge in [0, 0.05) is 25.7 Å². The maximum Gasteiger partial charge on any atom is 0.416 e. The Kier molecular flexibility index (Phi) is 4.35. The van der Waals surface area contributed by atoms with Gasteiger partial charge in [-0.25, -0.2) is 0 Å². The number of rotatable bonds is 3. The summed E-state index contributed by atoms with van der Waals surface area (Å²) < 4.78 is 38.0. The van der Waals surface area contributed by atoms with Gasteiger partial charge in [-0.2, -0.15) is 17.9 Å². The van der Waals surface area contributed by atoms with Crippen molar-refractivity contribution in [3.63, 3.8) is 0 Å². The van der Waals surface area contributed by atoms with Crippen LogP contribution >= 0.6 is 0 Å². The van der Waals surface area contributed by atoms with Gasteiger partial charge in [-0.05, 0) is 17.7 Å². The van der Waals surface area contributed by atoms with Crippen molar-refractivity contribution in [2.45, 2.75) is 12.7 Å². The molecule has 1 aromatic heterocycles. The van der Waals surface area contributed by atoms with Gasteiger partial charge in [-0.1, -0.05) is 12.1 Å². The minimum atomic E-state index is -4.38. The van der Waals surface area contributed by atoms with Crippen molar-refractivity contribution in [3.05, 3.63) is 70.7 Å². The van der Waals surface area contributed by atoms with E-state index in [9.17, 15) is 23.2 Å². The highest BCUT2D eigenvalue weighted by Gasteiger charge is 2.30. The fourth-order valence-electron chi connectivity index (χ4n) is 1.92. The number of halogens is 3. The Morgan fingerprint density at radius 1 is 1.14 bits per heavy atom. The van der Waals surface area contributed by atoms with Crippen molar-refractivity contribution in [1.29, 1.82) is 0 Å². The number of nitrogens with zero attached hydrogens (tertiary/aromatic N) is 2. The molecule has 0 saturated heterocycles. The molecule has 4 nitrogen and oxygen atoms in total. The molecule has 1 amide bonds. The summed E-state index contributed by atoms with van der Waals surface area (Å²) in [5, 5.41) is 10.9. The molecule has 0 aliphatic carbocycles. The molecule has 0 fully saturated rings. The number of pyridine rings is 1. The molecule has 116 valence electrons. The lowest BCUT2D eigenvalue weighted by Crippen LogP contribution is -2.29. The second kappa shape index (κ2) is 6.05. The third-order valence-corrected chi connectivity index (χ3v) is 3.10. The standard InChI is InChI=1S/C15H13F3N2O2/c1-19(14(21)12-6-8-20(22)9-7-12)10-11-2-4-13(5-3-11)15(16,17)18/h2-9H,10H2,1H3. The van der Waals surface area contributed by atoms with Crippen LogP contribution in [0.1, 0.15) is 21.5 Å². The van der Waals surface area contributed by atoms with Gasteiger partial charge in [0.05, 0.1) is 11.1 Å². The molecule has 7 heteroatoms. The summed E-state index contributed by atoms with van der Waals surface area (Å²) in [6.45, 7) is 0.170. The van der Waals surface area contributed by atoms with Crippen LogP contribution in [0.5, 0.6) is 0 Å². The van der Waals surface area contributed by atoms with Gasteiger partial charge in [-0.3, -0.25) is 4.79 Å². The van der Waals surface area contributed by atoms with Crippen LogP contribution < -0.4 is 4.73 Å². The van der Waals surface area contributed by atoms with Crippen LogP contribution in [0.2, 0.25) is 0 Å². The lowest BCUT2D eigenvalue weighted by molar-refractivity contribution is -0.605. The van der Waals surface area contributed by atoms with Crippen molar-refractivity contribution >= 4 is 5.91 Å². The zero-order chi connectivity index (χ0) is 16.3. The van der Waals surface area contributed by atoms with Gasteiger partial charge in [0.15, 0.2) is 12.4 Å². The van der Waals surface area contributed by atoms with E-state index in [1.54, 1.807) is 0 Å². The van der Waals surface area contributed by atoms with E-state index in [-0.39, 0.29) is 12.5 Å². The normalized spacial score (nSPS) is 11.3. The Hall–Kier alpha value is -2.57. The fraction of sp³-hybridized carbons (Fsp3) is 0.200. The molecule has 0 bridgehead atoms. The first kappa shape index (κ1) is 15.8. The lowest BCUT2D eigenvalue weighted by atomic mass is 10.1. The molecule has 2 aromatic rings. The molecule has 0 aliphatic heterocycles. The highest BCUT2D eigenvalue weighted by atomic mass is 19.4. The molecule has 2 rings (SSSR count). The van der Waals surface area contributed by atoms with Crippen molar-refractivity contribution in [2.75, 3.05) is 7.05 Å². The summed E-state index contributed by atoms with van der Waals surface area (Å²) in [5.41, 5.74) is 0.188. The summed E-state index contributed by atoms with van der Waals surface area (Å²) in [6.07, 6.45) is -1.96. The average Bonchev–Trinajstić information content (AvgIpc) is 2.47. The average molecular weight is 310 g/mol. The number of aromatic nitrogens is 1. The zero-order valence-electron chi connectivity index (χ0n) is 11.7. The van der Waals surface area contributed by atoms with E-state index in [1.165, 1.54) is 48.6 Å². The van der Waals surface area contributed by atoms with E-state index in [2.05, 4.69) is 0 Å². The van der Waals surface area contributed by atoms with Gasteiger partial charge in [-0.15, -0.1) is 0 Å². The van der Waals surface area contributed by atoms with E-state index in [1.807, 2.05) is 0 Å². The Balaban J connectivity index is 2.06. The Labute approximate surface area is 125 Å². The van der Waals surface area contributed by atoms with Gasteiger partial charge in [0.2, 0.25) is 0 Å². The molecule has 22 heavy (non-hydrogen) atoms. The smallest absolute Gasteiger partial charge is 0.416 e. The molecule has 0 radical (unpaired) electrons. The van der Waals surface area contributed by atoms with Crippen molar-refractivity contribution in [3.8, 4) is 0 Å². The second-order valence-corrected chi connectivity index (χ2v) is 4.80. The van der Waals surface area contributed by atoms with Gasteiger partial charge in [0.25, 0.3) is 5.91 Å². The number of amides is 1. The first-order valence-electron chi connectivity index (χ1n) is 6.38.